The van der Waals surface area contributed by atoms with E-state index in [9.17, 15) is 9.18 Å². The van der Waals surface area contributed by atoms with Crippen LogP contribution in [0.4, 0.5) is 8.78 Å². The van der Waals surface area contributed by atoms with Crippen molar-refractivity contribution in [3.63, 3.8) is 0 Å². The summed E-state index contributed by atoms with van der Waals surface area (Å²) in [4.78, 5) is 30.3. The molecule has 0 saturated carbocycles. The van der Waals surface area contributed by atoms with Gasteiger partial charge in [-0.2, -0.15) is 0 Å². The lowest BCUT2D eigenvalue weighted by Gasteiger charge is -2.24. The van der Waals surface area contributed by atoms with E-state index >= 15 is 4.39 Å². The molecule has 0 spiro atoms. The fourth-order valence-corrected chi connectivity index (χ4v) is 7.67. The number of carbonyl (C=O) groups is 1. The molecule has 0 bridgehead atoms. The summed E-state index contributed by atoms with van der Waals surface area (Å²) < 4.78 is 42.0. The Labute approximate surface area is 246 Å². The molecule has 0 atom stereocenters. The maximum absolute atomic E-state index is 15.8. The van der Waals surface area contributed by atoms with Gasteiger partial charge in [0.05, 0.1) is 40.0 Å². The van der Waals surface area contributed by atoms with Crippen LogP contribution in [0.15, 0.2) is 42.4 Å². The number of rotatable bonds is 8. The van der Waals surface area contributed by atoms with Gasteiger partial charge in [-0.05, 0) is 24.4 Å². The zero-order valence-electron chi connectivity index (χ0n) is 22.2. The molecule has 41 heavy (non-hydrogen) atoms. The highest BCUT2D eigenvalue weighted by atomic mass is 32.1. The molecule has 1 aromatic carbocycles. The van der Waals surface area contributed by atoms with Gasteiger partial charge < -0.3 is 14.4 Å². The van der Waals surface area contributed by atoms with E-state index in [-0.39, 0.29) is 30.4 Å². The minimum atomic E-state index is -0.763. The van der Waals surface area contributed by atoms with Crippen LogP contribution >= 0.6 is 34.0 Å². The molecule has 6 rings (SSSR count). The molecular weight excluding hydrogens is 587 g/mol. The Bertz CT molecular complexity index is 1800. The number of thiophene rings is 1. The summed E-state index contributed by atoms with van der Waals surface area (Å²) >= 11 is 4.38. The predicted octanol–water partition coefficient (Wildman–Crippen LogP) is 6.89. The number of halogens is 2. The summed E-state index contributed by atoms with van der Waals surface area (Å²) in [5, 5.41) is 4.23. The largest absolute Gasteiger partial charge is 0.490 e. The second kappa shape index (κ2) is 11.4. The fourth-order valence-electron chi connectivity index (χ4n) is 4.83. The van der Waals surface area contributed by atoms with Gasteiger partial charge in [-0.3, -0.25) is 4.79 Å². The smallest absolute Gasteiger partial charge is 0.246 e. The lowest BCUT2D eigenvalue weighted by molar-refractivity contribution is -0.126. The number of carbonyl (C=O) groups excluding carboxylic acids is 1. The van der Waals surface area contributed by atoms with Gasteiger partial charge in [0.2, 0.25) is 5.91 Å². The summed E-state index contributed by atoms with van der Waals surface area (Å²) in [6.07, 6.45) is 3.68. The van der Waals surface area contributed by atoms with Crippen molar-refractivity contribution in [3.05, 3.63) is 69.6 Å². The van der Waals surface area contributed by atoms with Crippen molar-refractivity contribution in [2.24, 2.45) is 0 Å². The van der Waals surface area contributed by atoms with Crippen molar-refractivity contribution >= 4 is 50.0 Å². The molecule has 5 heterocycles. The van der Waals surface area contributed by atoms with Gasteiger partial charge in [0.15, 0.2) is 0 Å². The zero-order chi connectivity index (χ0) is 28.7. The Morgan fingerprint density at radius 1 is 1.17 bits per heavy atom. The number of aromatic nitrogens is 3. The van der Waals surface area contributed by atoms with E-state index in [1.807, 2.05) is 18.4 Å². The van der Waals surface area contributed by atoms with Crippen molar-refractivity contribution < 1.29 is 23.0 Å². The molecule has 0 unspecified atom stereocenters. The van der Waals surface area contributed by atoms with Gasteiger partial charge in [-0.1, -0.05) is 6.58 Å². The normalized spacial score (nSPS) is 13.0. The number of ether oxygens (including phenoxy) is 2. The molecule has 0 fully saturated rings. The third-order valence-electron chi connectivity index (χ3n) is 6.70. The van der Waals surface area contributed by atoms with Gasteiger partial charge >= 0.3 is 0 Å². The van der Waals surface area contributed by atoms with Crippen LogP contribution in [0.25, 0.3) is 42.5 Å². The lowest BCUT2D eigenvalue weighted by atomic mass is 9.99. The van der Waals surface area contributed by atoms with Crippen LogP contribution in [-0.4, -0.2) is 52.6 Å². The molecule has 0 radical (unpaired) electrons. The topological polar surface area (TPSA) is 77.4 Å². The Morgan fingerprint density at radius 3 is 2.78 bits per heavy atom. The van der Waals surface area contributed by atoms with E-state index < -0.39 is 11.6 Å². The monoisotopic (exact) mass is 610 g/mol. The minimum Gasteiger partial charge on any atom is -0.490 e. The number of hydrogen-bond acceptors (Lipinski definition) is 9. The Balaban J connectivity index is 1.61. The van der Waals surface area contributed by atoms with E-state index in [4.69, 9.17) is 19.4 Å². The SMILES string of the molecule is C=CC(=O)N1CCc2nc(-c3nc(-c4cnc(C)s4)c4ccsc4c3-c3c(F)cc(F)cc3OCCOC)sc2C1. The maximum Gasteiger partial charge on any atom is 0.246 e. The van der Waals surface area contributed by atoms with Gasteiger partial charge in [0.1, 0.15) is 34.7 Å². The van der Waals surface area contributed by atoms with E-state index in [0.29, 0.717) is 41.5 Å². The molecule has 1 aliphatic rings. The maximum atomic E-state index is 15.8. The summed E-state index contributed by atoms with van der Waals surface area (Å²) in [6, 6.07) is 3.99. The van der Waals surface area contributed by atoms with Gasteiger partial charge in [0.25, 0.3) is 0 Å². The Hall–Kier alpha value is -3.58. The van der Waals surface area contributed by atoms with E-state index in [0.717, 1.165) is 36.6 Å². The quantitative estimate of drug-likeness (QED) is 0.141. The Morgan fingerprint density at radius 2 is 2.02 bits per heavy atom. The van der Waals surface area contributed by atoms with Crippen molar-refractivity contribution in [1.29, 1.82) is 0 Å². The number of pyridine rings is 1. The van der Waals surface area contributed by atoms with E-state index in [1.54, 1.807) is 11.1 Å². The van der Waals surface area contributed by atoms with Crippen molar-refractivity contribution in [2.45, 2.75) is 19.9 Å². The Kier molecular flexibility index (Phi) is 7.64. The second-order valence-electron chi connectivity index (χ2n) is 9.30. The fraction of sp³-hybridized carbons (Fsp3) is 0.241. The molecular formula is C29H24F2N4O3S3. The third kappa shape index (κ3) is 5.16. The number of thiazole rings is 2. The molecule has 4 aromatic heterocycles. The van der Waals surface area contributed by atoms with Crippen LogP contribution in [0.3, 0.4) is 0 Å². The molecule has 0 saturated heterocycles. The van der Waals surface area contributed by atoms with Crippen molar-refractivity contribution in [1.82, 2.24) is 19.9 Å². The van der Waals surface area contributed by atoms with Crippen LogP contribution in [0.5, 0.6) is 5.75 Å². The standard InChI is InChI=1S/C29H24F2N4O3S3/c1-4-23(36)35-7-5-19-22(14-35)41-29(33-19)27-25(24-18(31)11-16(30)12-20(24)38-9-8-37-3)28-17(6-10-39-28)26(34-27)21-13-32-15(2)40-21/h4,6,10-13H,1,5,7-9,14H2,2-3H3. The molecule has 12 heteroatoms. The first kappa shape index (κ1) is 27.6. The van der Waals surface area contributed by atoms with Crippen molar-refractivity contribution in [3.8, 4) is 38.1 Å². The first-order valence-corrected chi connectivity index (χ1v) is 15.2. The highest BCUT2D eigenvalue weighted by Gasteiger charge is 2.29. The average Bonchev–Trinajstić information content (AvgIpc) is 3.71. The average molecular weight is 611 g/mol. The van der Waals surface area contributed by atoms with E-state index in [1.165, 1.54) is 53.3 Å². The molecule has 0 N–H and O–H groups in total. The number of fused-ring (bicyclic) bond motifs is 2. The molecule has 210 valence electrons. The molecule has 0 aliphatic carbocycles. The first-order chi connectivity index (χ1) is 19.9. The van der Waals surface area contributed by atoms with Crippen LogP contribution in [0.2, 0.25) is 0 Å². The van der Waals surface area contributed by atoms with Crippen LogP contribution in [0.1, 0.15) is 15.6 Å². The number of benzene rings is 1. The van der Waals surface area contributed by atoms with Gasteiger partial charge in [0, 0.05) is 58.9 Å². The summed E-state index contributed by atoms with van der Waals surface area (Å²) in [6.45, 7) is 6.83. The number of amides is 1. The van der Waals surface area contributed by atoms with Gasteiger partial charge in [-0.25, -0.2) is 23.7 Å². The van der Waals surface area contributed by atoms with Crippen LogP contribution < -0.4 is 4.74 Å². The number of nitrogens with zero attached hydrogens (tertiary/aromatic N) is 4. The number of hydrogen-bond donors (Lipinski definition) is 0. The number of methoxy groups -OCH3 is 1. The highest BCUT2D eigenvalue weighted by molar-refractivity contribution is 7.18. The summed E-state index contributed by atoms with van der Waals surface area (Å²) in [7, 11) is 1.53. The van der Waals surface area contributed by atoms with Crippen molar-refractivity contribution in [2.75, 3.05) is 26.9 Å². The molecule has 1 aliphatic heterocycles. The predicted molar refractivity (Wildman–Crippen MR) is 159 cm³/mol. The molecule has 7 nitrogen and oxygen atoms in total. The van der Waals surface area contributed by atoms with Gasteiger partial charge in [-0.15, -0.1) is 34.0 Å². The second-order valence-corrected chi connectivity index (χ2v) is 12.5. The highest BCUT2D eigenvalue weighted by Crippen LogP contribution is 2.48. The molecule has 5 aromatic rings. The first-order valence-electron chi connectivity index (χ1n) is 12.7. The van der Waals surface area contributed by atoms with Crippen LogP contribution in [0, 0.1) is 18.6 Å². The summed E-state index contributed by atoms with van der Waals surface area (Å²) in [5.74, 6) is -1.59. The molecule has 1 amide bonds. The third-order valence-corrected chi connectivity index (χ3v) is 9.64. The lowest BCUT2D eigenvalue weighted by Crippen LogP contribution is -2.34. The summed E-state index contributed by atoms with van der Waals surface area (Å²) in [5.41, 5.74) is 2.65. The minimum absolute atomic E-state index is 0.0581. The van der Waals surface area contributed by atoms with E-state index in [2.05, 4.69) is 11.6 Å². The zero-order valence-corrected chi connectivity index (χ0v) is 24.7. The number of aryl methyl sites for hydroxylation is 1. The van der Waals surface area contributed by atoms with Crippen LogP contribution in [-0.2, 0) is 22.5 Å².